The zero-order valence-electron chi connectivity index (χ0n) is 16.7. The van der Waals surface area contributed by atoms with Crippen molar-refractivity contribution in [2.75, 3.05) is 39.3 Å². The van der Waals surface area contributed by atoms with Gasteiger partial charge in [-0.1, -0.05) is 18.5 Å². The first-order valence-electron chi connectivity index (χ1n) is 10.2. The van der Waals surface area contributed by atoms with Crippen LogP contribution in [0.2, 0.25) is 5.02 Å². The standard InChI is InChI=1S/C21H27ClFN3O3/c1-2-4-19(27)26-8-3-5-15(14-26)20(28)24-9-11-25(12-10-24)21(29)17-7-6-16(23)13-18(17)22/h6-7,13,15H,2-5,8-12,14H2,1H3. The Morgan fingerprint density at radius 2 is 1.76 bits per heavy atom. The van der Waals surface area contributed by atoms with E-state index < -0.39 is 5.82 Å². The molecule has 2 heterocycles. The summed E-state index contributed by atoms with van der Waals surface area (Å²) >= 11 is 6.00. The van der Waals surface area contributed by atoms with Gasteiger partial charge in [0.05, 0.1) is 16.5 Å². The highest BCUT2D eigenvalue weighted by Crippen LogP contribution is 2.22. The predicted octanol–water partition coefficient (Wildman–Crippen LogP) is 2.80. The van der Waals surface area contributed by atoms with Crippen LogP contribution < -0.4 is 0 Å². The summed E-state index contributed by atoms with van der Waals surface area (Å²) in [7, 11) is 0. The summed E-state index contributed by atoms with van der Waals surface area (Å²) in [5, 5.41) is 0.0903. The van der Waals surface area contributed by atoms with E-state index in [9.17, 15) is 18.8 Å². The number of amides is 3. The SMILES string of the molecule is CCCC(=O)N1CCCC(C(=O)N2CCN(C(=O)c3ccc(F)cc3Cl)CC2)C1. The first kappa shape index (κ1) is 21.6. The number of halogens is 2. The van der Waals surface area contributed by atoms with E-state index in [0.29, 0.717) is 39.1 Å². The molecular formula is C21H27ClFN3O3. The molecule has 0 bridgehead atoms. The Kier molecular flexibility index (Phi) is 7.11. The molecule has 2 aliphatic heterocycles. The first-order valence-corrected chi connectivity index (χ1v) is 10.6. The number of benzene rings is 1. The van der Waals surface area contributed by atoms with E-state index in [0.717, 1.165) is 31.9 Å². The number of hydrogen-bond donors (Lipinski definition) is 0. The molecule has 6 nitrogen and oxygen atoms in total. The summed E-state index contributed by atoms with van der Waals surface area (Å²) in [6.07, 6.45) is 2.96. The van der Waals surface area contributed by atoms with Crippen molar-refractivity contribution in [2.24, 2.45) is 5.92 Å². The lowest BCUT2D eigenvalue weighted by Crippen LogP contribution is -2.54. The third-order valence-electron chi connectivity index (χ3n) is 5.63. The highest BCUT2D eigenvalue weighted by atomic mass is 35.5. The maximum atomic E-state index is 13.2. The van der Waals surface area contributed by atoms with Gasteiger partial charge in [-0.05, 0) is 37.5 Å². The zero-order chi connectivity index (χ0) is 21.0. The van der Waals surface area contributed by atoms with Gasteiger partial charge in [-0.3, -0.25) is 14.4 Å². The van der Waals surface area contributed by atoms with Gasteiger partial charge >= 0.3 is 0 Å². The molecule has 2 fully saturated rings. The summed E-state index contributed by atoms with van der Waals surface area (Å²) in [6, 6.07) is 3.73. The van der Waals surface area contributed by atoms with Crippen LogP contribution >= 0.6 is 11.6 Å². The highest BCUT2D eigenvalue weighted by molar-refractivity contribution is 6.33. The molecule has 0 aromatic heterocycles. The van der Waals surface area contributed by atoms with Crippen molar-refractivity contribution in [3.63, 3.8) is 0 Å². The van der Waals surface area contributed by atoms with Crippen molar-refractivity contribution >= 4 is 29.3 Å². The normalized spacial score (nSPS) is 20.0. The van der Waals surface area contributed by atoms with Crippen molar-refractivity contribution in [1.82, 2.24) is 14.7 Å². The lowest BCUT2D eigenvalue weighted by Gasteiger charge is -2.39. The van der Waals surface area contributed by atoms with Crippen LogP contribution in [0.15, 0.2) is 18.2 Å². The minimum Gasteiger partial charge on any atom is -0.342 e. The van der Waals surface area contributed by atoms with Gasteiger partial charge in [0.25, 0.3) is 5.91 Å². The molecule has 8 heteroatoms. The molecule has 1 atom stereocenters. The summed E-state index contributed by atoms with van der Waals surface area (Å²) in [6.45, 7) is 4.90. The van der Waals surface area contributed by atoms with Crippen molar-refractivity contribution in [3.8, 4) is 0 Å². The van der Waals surface area contributed by atoms with Gasteiger partial charge in [-0.15, -0.1) is 0 Å². The molecule has 0 saturated carbocycles. The summed E-state index contributed by atoms with van der Waals surface area (Å²) in [4.78, 5) is 43.0. The Balaban J connectivity index is 1.55. The molecule has 3 amide bonds. The third kappa shape index (κ3) is 5.07. The van der Waals surface area contributed by atoms with Gasteiger partial charge in [0.1, 0.15) is 5.82 Å². The number of rotatable bonds is 4. The smallest absolute Gasteiger partial charge is 0.255 e. The van der Waals surface area contributed by atoms with E-state index in [2.05, 4.69) is 0 Å². The number of carbonyl (C=O) groups is 3. The second-order valence-electron chi connectivity index (χ2n) is 7.67. The molecule has 0 spiro atoms. The molecule has 2 saturated heterocycles. The second kappa shape index (κ2) is 9.57. The molecule has 1 aromatic rings. The maximum Gasteiger partial charge on any atom is 0.255 e. The van der Waals surface area contributed by atoms with Crippen molar-refractivity contribution < 1.29 is 18.8 Å². The molecule has 158 valence electrons. The second-order valence-corrected chi connectivity index (χ2v) is 8.08. The van der Waals surface area contributed by atoms with Gasteiger partial charge in [-0.2, -0.15) is 0 Å². The maximum absolute atomic E-state index is 13.2. The summed E-state index contributed by atoms with van der Waals surface area (Å²) in [5.74, 6) is -0.724. The Bertz CT molecular complexity index is 780. The minimum absolute atomic E-state index is 0.0610. The number of piperazine rings is 1. The Morgan fingerprint density at radius 1 is 1.07 bits per heavy atom. The lowest BCUT2D eigenvalue weighted by atomic mass is 9.95. The summed E-state index contributed by atoms with van der Waals surface area (Å²) in [5.41, 5.74) is 0.269. The summed E-state index contributed by atoms with van der Waals surface area (Å²) < 4.78 is 13.2. The van der Waals surface area contributed by atoms with Crippen molar-refractivity contribution in [3.05, 3.63) is 34.6 Å². The molecule has 0 aliphatic carbocycles. The van der Waals surface area contributed by atoms with E-state index >= 15 is 0 Å². The van der Waals surface area contributed by atoms with Crippen LogP contribution in [0.1, 0.15) is 43.0 Å². The van der Waals surface area contributed by atoms with Crippen LogP contribution in [0.25, 0.3) is 0 Å². The van der Waals surface area contributed by atoms with E-state index in [1.807, 2.05) is 11.8 Å². The topological polar surface area (TPSA) is 60.9 Å². The number of piperidine rings is 1. The first-order chi connectivity index (χ1) is 13.9. The average molecular weight is 424 g/mol. The highest BCUT2D eigenvalue weighted by Gasteiger charge is 2.33. The zero-order valence-corrected chi connectivity index (χ0v) is 17.5. The van der Waals surface area contributed by atoms with Crippen LogP contribution in [-0.2, 0) is 9.59 Å². The van der Waals surface area contributed by atoms with Crippen LogP contribution in [0.4, 0.5) is 4.39 Å². The monoisotopic (exact) mass is 423 g/mol. The number of hydrogen-bond acceptors (Lipinski definition) is 3. The number of likely N-dealkylation sites (tertiary alicyclic amines) is 1. The number of nitrogens with zero attached hydrogens (tertiary/aromatic N) is 3. The fourth-order valence-corrected chi connectivity index (χ4v) is 4.25. The van der Waals surface area contributed by atoms with Crippen molar-refractivity contribution in [1.29, 1.82) is 0 Å². The molecule has 1 aromatic carbocycles. The minimum atomic E-state index is -0.485. The van der Waals surface area contributed by atoms with Crippen LogP contribution in [0.5, 0.6) is 0 Å². The van der Waals surface area contributed by atoms with E-state index in [1.165, 1.54) is 12.1 Å². The van der Waals surface area contributed by atoms with E-state index in [4.69, 9.17) is 11.6 Å². The van der Waals surface area contributed by atoms with Crippen LogP contribution in [-0.4, -0.2) is 71.7 Å². The Labute approximate surface area is 175 Å². The molecule has 2 aliphatic rings. The third-order valence-corrected chi connectivity index (χ3v) is 5.94. The van der Waals surface area contributed by atoms with Gasteiger partial charge in [-0.25, -0.2) is 4.39 Å². The fraction of sp³-hybridized carbons (Fsp3) is 0.571. The van der Waals surface area contributed by atoms with Crippen LogP contribution in [0.3, 0.4) is 0 Å². The van der Waals surface area contributed by atoms with Gasteiger partial charge in [0.15, 0.2) is 0 Å². The Hall–Kier alpha value is -2.15. The van der Waals surface area contributed by atoms with Gasteiger partial charge in [0, 0.05) is 45.7 Å². The van der Waals surface area contributed by atoms with Gasteiger partial charge in [0.2, 0.25) is 11.8 Å². The lowest BCUT2D eigenvalue weighted by molar-refractivity contribution is -0.142. The fourth-order valence-electron chi connectivity index (χ4n) is 4.00. The Morgan fingerprint density at radius 3 is 2.41 bits per heavy atom. The molecule has 0 N–H and O–H groups in total. The molecule has 1 unspecified atom stereocenters. The quantitative estimate of drug-likeness (QED) is 0.748. The average Bonchev–Trinajstić information content (AvgIpc) is 2.73. The molecule has 3 rings (SSSR count). The van der Waals surface area contributed by atoms with Crippen molar-refractivity contribution in [2.45, 2.75) is 32.6 Å². The number of carbonyl (C=O) groups excluding carboxylic acids is 3. The molecular weight excluding hydrogens is 397 g/mol. The van der Waals surface area contributed by atoms with Gasteiger partial charge < -0.3 is 14.7 Å². The van der Waals surface area contributed by atoms with E-state index in [-0.39, 0.29) is 34.2 Å². The predicted molar refractivity (Wildman–Crippen MR) is 108 cm³/mol. The largest absolute Gasteiger partial charge is 0.342 e. The van der Waals surface area contributed by atoms with E-state index in [1.54, 1.807) is 9.80 Å². The molecule has 0 radical (unpaired) electrons. The molecule has 29 heavy (non-hydrogen) atoms. The van der Waals surface area contributed by atoms with Crippen LogP contribution in [0, 0.1) is 11.7 Å².